The molecule has 3 nitrogen and oxygen atoms in total. The van der Waals surface area contributed by atoms with Gasteiger partial charge in [0.1, 0.15) is 12.7 Å². The third-order valence-electron chi connectivity index (χ3n) is 2.97. The number of carbonyl (C=O) groups is 1. The van der Waals surface area contributed by atoms with E-state index in [9.17, 15) is 4.79 Å². The number of aryl methyl sites for hydroxylation is 1. The molecule has 0 aromatic heterocycles. The van der Waals surface area contributed by atoms with Crippen molar-refractivity contribution in [3.63, 3.8) is 0 Å². The Bertz CT molecular complexity index is 387. The van der Waals surface area contributed by atoms with Crippen LogP contribution in [0.5, 0.6) is 0 Å². The lowest BCUT2D eigenvalue weighted by molar-refractivity contribution is -0.0118. The van der Waals surface area contributed by atoms with Gasteiger partial charge in [-0.15, -0.1) is 0 Å². The van der Waals surface area contributed by atoms with Crippen LogP contribution in [0.3, 0.4) is 0 Å². The number of ether oxygens (including phenoxy) is 2. The molecule has 0 saturated heterocycles. The summed E-state index contributed by atoms with van der Waals surface area (Å²) < 4.78 is 10.3. The fourth-order valence-electron chi connectivity index (χ4n) is 1.18. The van der Waals surface area contributed by atoms with Gasteiger partial charge in [0.2, 0.25) is 0 Å². The predicted octanol–water partition coefficient (Wildman–Crippen LogP) is 4.08. The van der Waals surface area contributed by atoms with Crippen molar-refractivity contribution in [2.75, 3.05) is 0 Å². The van der Waals surface area contributed by atoms with Crippen LogP contribution in [0.4, 0.5) is 4.79 Å². The Balaban J connectivity index is 2.40. The molecule has 18 heavy (non-hydrogen) atoms. The van der Waals surface area contributed by atoms with E-state index in [4.69, 9.17) is 9.47 Å². The van der Waals surface area contributed by atoms with Crippen LogP contribution in [-0.4, -0.2) is 12.3 Å². The normalized spacial score (nSPS) is 12.9. The van der Waals surface area contributed by atoms with Gasteiger partial charge in [0.15, 0.2) is 0 Å². The highest BCUT2D eigenvalue weighted by Gasteiger charge is 2.24. The Kier molecular flexibility index (Phi) is 4.76. The zero-order chi connectivity index (χ0) is 13.8. The molecule has 3 heteroatoms. The van der Waals surface area contributed by atoms with Gasteiger partial charge >= 0.3 is 6.16 Å². The highest BCUT2D eigenvalue weighted by molar-refractivity contribution is 5.60. The second-order valence-electron chi connectivity index (χ2n) is 5.65. The van der Waals surface area contributed by atoms with Gasteiger partial charge < -0.3 is 9.47 Å². The number of benzene rings is 1. The number of rotatable bonds is 3. The van der Waals surface area contributed by atoms with Gasteiger partial charge in [-0.2, -0.15) is 0 Å². The average Bonchev–Trinajstić information content (AvgIpc) is 2.27. The minimum Gasteiger partial charge on any atom is -0.431 e. The van der Waals surface area contributed by atoms with Crippen LogP contribution in [0.15, 0.2) is 24.3 Å². The number of hydrogen-bond acceptors (Lipinski definition) is 3. The molecule has 1 unspecified atom stereocenters. The molecule has 100 valence electrons. The summed E-state index contributed by atoms with van der Waals surface area (Å²) in [7, 11) is 0. The fourth-order valence-corrected chi connectivity index (χ4v) is 1.18. The number of carbonyl (C=O) groups excluding carboxylic acids is 1. The first-order chi connectivity index (χ1) is 8.29. The van der Waals surface area contributed by atoms with Crippen molar-refractivity contribution in [1.82, 2.24) is 0 Å². The Labute approximate surface area is 109 Å². The SMILES string of the molecule is Cc1ccc(COC(=O)OC(C)C(C)(C)C)cc1. The van der Waals surface area contributed by atoms with Crippen LogP contribution < -0.4 is 0 Å². The first kappa shape index (κ1) is 14.6. The molecule has 0 radical (unpaired) electrons. The first-order valence-electron chi connectivity index (χ1n) is 6.18. The van der Waals surface area contributed by atoms with Crippen LogP contribution in [0.1, 0.15) is 38.8 Å². The van der Waals surface area contributed by atoms with E-state index >= 15 is 0 Å². The van der Waals surface area contributed by atoms with E-state index in [1.807, 2.05) is 58.9 Å². The molecule has 1 aromatic rings. The molecule has 0 heterocycles. The standard InChI is InChI=1S/C15H22O3/c1-11-6-8-13(9-7-11)10-17-14(16)18-12(2)15(3,4)5/h6-9,12H,10H2,1-5H3. The third-order valence-corrected chi connectivity index (χ3v) is 2.97. The van der Waals surface area contributed by atoms with Gasteiger partial charge in [0.25, 0.3) is 0 Å². The Morgan fingerprint density at radius 1 is 1.22 bits per heavy atom. The average molecular weight is 250 g/mol. The van der Waals surface area contributed by atoms with E-state index in [0.29, 0.717) is 0 Å². The molecule has 0 bridgehead atoms. The van der Waals surface area contributed by atoms with Crippen molar-refractivity contribution in [2.45, 2.75) is 47.3 Å². The molecular weight excluding hydrogens is 228 g/mol. The minimum absolute atomic E-state index is 0.0805. The molecule has 0 fully saturated rings. The van der Waals surface area contributed by atoms with E-state index in [1.165, 1.54) is 5.56 Å². The molecule has 0 spiro atoms. The molecule has 0 aliphatic rings. The summed E-state index contributed by atoms with van der Waals surface area (Å²) >= 11 is 0. The molecule has 0 aliphatic heterocycles. The molecule has 1 aromatic carbocycles. The maximum Gasteiger partial charge on any atom is 0.508 e. The van der Waals surface area contributed by atoms with Crippen LogP contribution in [0.2, 0.25) is 0 Å². The zero-order valence-electron chi connectivity index (χ0n) is 11.8. The summed E-state index contributed by atoms with van der Waals surface area (Å²) in [5.74, 6) is 0. The van der Waals surface area contributed by atoms with Gasteiger partial charge in [-0.25, -0.2) is 4.79 Å². The van der Waals surface area contributed by atoms with Crippen molar-refractivity contribution in [3.05, 3.63) is 35.4 Å². The first-order valence-corrected chi connectivity index (χ1v) is 6.18. The maximum atomic E-state index is 11.5. The van der Waals surface area contributed by atoms with Crippen LogP contribution >= 0.6 is 0 Å². The van der Waals surface area contributed by atoms with E-state index in [2.05, 4.69) is 0 Å². The summed E-state index contributed by atoms with van der Waals surface area (Å²) in [5.41, 5.74) is 2.06. The summed E-state index contributed by atoms with van der Waals surface area (Å²) in [6.45, 7) is 10.2. The van der Waals surface area contributed by atoms with Crippen molar-refractivity contribution >= 4 is 6.16 Å². The van der Waals surface area contributed by atoms with Crippen molar-refractivity contribution in [1.29, 1.82) is 0 Å². The second kappa shape index (κ2) is 5.89. The van der Waals surface area contributed by atoms with Gasteiger partial charge in [0.05, 0.1) is 0 Å². The van der Waals surface area contributed by atoms with E-state index < -0.39 is 6.16 Å². The van der Waals surface area contributed by atoms with Crippen LogP contribution in [0, 0.1) is 12.3 Å². The molecule has 0 aliphatic carbocycles. The Morgan fingerprint density at radius 2 is 1.78 bits per heavy atom. The van der Waals surface area contributed by atoms with Gasteiger partial charge in [-0.1, -0.05) is 50.6 Å². The summed E-state index contributed by atoms with van der Waals surface area (Å²) in [6.07, 6.45) is -0.791. The summed E-state index contributed by atoms with van der Waals surface area (Å²) in [4.78, 5) is 11.5. The summed E-state index contributed by atoms with van der Waals surface area (Å²) in [6, 6.07) is 7.86. The summed E-state index contributed by atoms with van der Waals surface area (Å²) in [5, 5.41) is 0. The second-order valence-corrected chi connectivity index (χ2v) is 5.65. The van der Waals surface area contributed by atoms with Crippen LogP contribution in [-0.2, 0) is 16.1 Å². The lowest BCUT2D eigenvalue weighted by atomic mass is 9.90. The van der Waals surface area contributed by atoms with Crippen LogP contribution in [0.25, 0.3) is 0 Å². The van der Waals surface area contributed by atoms with E-state index in [0.717, 1.165) is 5.56 Å². The minimum atomic E-state index is -0.613. The zero-order valence-corrected chi connectivity index (χ0v) is 11.8. The molecule has 1 atom stereocenters. The smallest absolute Gasteiger partial charge is 0.431 e. The fraction of sp³-hybridized carbons (Fsp3) is 0.533. The van der Waals surface area contributed by atoms with Gasteiger partial charge in [-0.05, 0) is 24.8 Å². The van der Waals surface area contributed by atoms with Crippen molar-refractivity contribution in [3.8, 4) is 0 Å². The van der Waals surface area contributed by atoms with Crippen molar-refractivity contribution < 1.29 is 14.3 Å². The van der Waals surface area contributed by atoms with E-state index in [1.54, 1.807) is 0 Å². The highest BCUT2D eigenvalue weighted by atomic mass is 16.7. The van der Waals surface area contributed by atoms with Crippen molar-refractivity contribution in [2.24, 2.45) is 5.41 Å². The van der Waals surface area contributed by atoms with Gasteiger partial charge in [-0.3, -0.25) is 0 Å². The van der Waals surface area contributed by atoms with E-state index in [-0.39, 0.29) is 18.1 Å². The lowest BCUT2D eigenvalue weighted by Gasteiger charge is -2.26. The largest absolute Gasteiger partial charge is 0.508 e. The Hall–Kier alpha value is -1.51. The topological polar surface area (TPSA) is 35.5 Å². The highest BCUT2D eigenvalue weighted by Crippen LogP contribution is 2.22. The molecule has 0 amide bonds. The predicted molar refractivity (Wildman–Crippen MR) is 71.4 cm³/mol. The maximum absolute atomic E-state index is 11.5. The Morgan fingerprint density at radius 3 is 2.28 bits per heavy atom. The third kappa shape index (κ3) is 4.78. The quantitative estimate of drug-likeness (QED) is 0.758. The molecular formula is C15H22O3. The number of hydrogen-bond donors (Lipinski definition) is 0. The lowest BCUT2D eigenvalue weighted by Crippen LogP contribution is -2.28. The monoisotopic (exact) mass is 250 g/mol. The molecule has 0 saturated carbocycles. The molecule has 1 rings (SSSR count). The van der Waals surface area contributed by atoms with Gasteiger partial charge in [0, 0.05) is 0 Å². The molecule has 0 N–H and O–H groups in total.